The molecule has 1 unspecified atom stereocenters. The molecule has 0 bridgehead atoms. The maximum atomic E-state index is 13.4. The number of fused-ring (bicyclic) bond motifs is 1. The highest BCUT2D eigenvalue weighted by Crippen LogP contribution is 2.44. The Bertz CT molecular complexity index is 1260. The SMILES string of the molecule is COC(=O)C1=C(C)N=C2SC=C(CC(=O)N3CCN(Cc4ccc(C)cc4)CC3)N2C1c1ccccc1. The Morgan fingerprint density at radius 1 is 1.00 bits per heavy atom. The molecule has 3 aliphatic rings. The van der Waals surface area contributed by atoms with Crippen LogP contribution in [0.1, 0.15) is 36.1 Å². The minimum absolute atomic E-state index is 0.0980. The summed E-state index contributed by atoms with van der Waals surface area (Å²) in [7, 11) is 1.39. The van der Waals surface area contributed by atoms with Gasteiger partial charge in [-0.2, -0.15) is 0 Å². The van der Waals surface area contributed by atoms with E-state index in [1.165, 1.54) is 30.0 Å². The van der Waals surface area contributed by atoms with Crippen LogP contribution in [-0.2, 0) is 20.9 Å². The van der Waals surface area contributed by atoms with Gasteiger partial charge in [0.15, 0.2) is 5.17 Å². The van der Waals surface area contributed by atoms with E-state index in [2.05, 4.69) is 36.1 Å². The molecule has 2 aromatic rings. The number of nitrogens with zero attached hydrogens (tertiary/aromatic N) is 4. The third-order valence-electron chi connectivity index (χ3n) is 7.11. The molecule has 0 aromatic heterocycles. The first-order valence-electron chi connectivity index (χ1n) is 12.6. The molecular formula is C29H32N4O3S. The predicted octanol–water partition coefficient (Wildman–Crippen LogP) is 4.48. The molecule has 0 radical (unpaired) electrons. The van der Waals surface area contributed by atoms with Crippen LogP contribution in [0, 0.1) is 6.92 Å². The van der Waals surface area contributed by atoms with E-state index in [0.29, 0.717) is 24.4 Å². The van der Waals surface area contributed by atoms with E-state index in [9.17, 15) is 9.59 Å². The molecule has 3 aliphatic heterocycles. The van der Waals surface area contributed by atoms with Gasteiger partial charge in [-0.05, 0) is 30.4 Å². The first-order chi connectivity index (χ1) is 17.9. The molecule has 37 heavy (non-hydrogen) atoms. The van der Waals surface area contributed by atoms with Crippen molar-refractivity contribution in [3.8, 4) is 0 Å². The molecule has 1 atom stereocenters. The Hall–Kier alpha value is -3.36. The zero-order valence-electron chi connectivity index (χ0n) is 21.5. The van der Waals surface area contributed by atoms with Crippen LogP contribution in [0.25, 0.3) is 0 Å². The number of esters is 1. The Balaban J connectivity index is 1.28. The van der Waals surface area contributed by atoms with Crippen LogP contribution in [0.15, 0.2) is 82.0 Å². The lowest BCUT2D eigenvalue weighted by Crippen LogP contribution is -2.48. The van der Waals surface area contributed by atoms with Gasteiger partial charge in [-0.25, -0.2) is 9.79 Å². The summed E-state index contributed by atoms with van der Waals surface area (Å²) in [6.07, 6.45) is 0.265. The Kier molecular flexibility index (Phi) is 7.48. The predicted molar refractivity (Wildman–Crippen MR) is 146 cm³/mol. The van der Waals surface area contributed by atoms with Crippen molar-refractivity contribution in [2.45, 2.75) is 32.9 Å². The molecule has 7 nitrogen and oxygen atoms in total. The van der Waals surface area contributed by atoms with E-state index in [4.69, 9.17) is 9.73 Å². The maximum absolute atomic E-state index is 13.4. The Morgan fingerprint density at radius 3 is 2.38 bits per heavy atom. The Labute approximate surface area is 222 Å². The second-order valence-electron chi connectivity index (χ2n) is 9.61. The molecule has 2 aromatic carbocycles. The van der Waals surface area contributed by atoms with Crippen molar-refractivity contribution in [2.24, 2.45) is 4.99 Å². The van der Waals surface area contributed by atoms with Crippen molar-refractivity contribution in [3.63, 3.8) is 0 Å². The summed E-state index contributed by atoms with van der Waals surface area (Å²) in [4.78, 5) is 37.3. The number of carbonyl (C=O) groups excluding carboxylic acids is 2. The number of methoxy groups -OCH3 is 1. The van der Waals surface area contributed by atoms with Crippen molar-refractivity contribution in [1.82, 2.24) is 14.7 Å². The average Bonchev–Trinajstić information content (AvgIpc) is 3.31. The number of hydrogen-bond donors (Lipinski definition) is 0. The number of carbonyl (C=O) groups is 2. The fraction of sp³-hybridized carbons (Fsp3) is 0.345. The molecule has 192 valence electrons. The van der Waals surface area contributed by atoms with Gasteiger partial charge in [0.25, 0.3) is 0 Å². The number of aliphatic imine (C=N–C) groups is 1. The molecule has 1 fully saturated rings. The second-order valence-corrected chi connectivity index (χ2v) is 10.5. The summed E-state index contributed by atoms with van der Waals surface area (Å²) in [5.41, 5.74) is 5.53. The number of ether oxygens (including phenoxy) is 1. The molecule has 1 amide bonds. The maximum Gasteiger partial charge on any atom is 0.338 e. The monoisotopic (exact) mass is 516 g/mol. The van der Waals surface area contributed by atoms with Crippen molar-refractivity contribution in [3.05, 3.63) is 93.7 Å². The van der Waals surface area contributed by atoms with Gasteiger partial charge in [0.05, 0.1) is 30.8 Å². The molecule has 0 saturated carbocycles. The normalized spacial score (nSPS) is 19.9. The molecule has 0 aliphatic carbocycles. The van der Waals surface area contributed by atoms with Gasteiger partial charge in [0, 0.05) is 38.4 Å². The van der Waals surface area contributed by atoms with Gasteiger partial charge in [-0.1, -0.05) is 71.9 Å². The van der Waals surface area contributed by atoms with Gasteiger partial charge < -0.3 is 14.5 Å². The molecule has 5 rings (SSSR count). The highest BCUT2D eigenvalue weighted by molar-refractivity contribution is 8.16. The number of rotatable bonds is 6. The summed E-state index contributed by atoms with van der Waals surface area (Å²) in [6, 6.07) is 18.1. The second kappa shape index (κ2) is 10.9. The number of benzene rings is 2. The Morgan fingerprint density at radius 2 is 1.70 bits per heavy atom. The van der Waals surface area contributed by atoms with Crippen molar-refractivity contribution in [2.75, 3.05) is 33.3 Å². The van der Waals surface area contributed by atoms with Crippen LogP contribution in [0.3, 0.4) is 0 Å². The number of allylic oxidation sites excluding steroid dienone is 1. The van der Waals surface area contributed by atoms with Crippen LogP contribution in [-0.4, -0.2) is 65.0 Å². The molecule has 0 spiro atoms. The zero-order valence-corrected chi connectivity index (χ0v) is 22.3. The fourth-order valence-electron chi connectivity index (χ4n) is 5.07. The van der Waals surface area contributed by atoms with Gasteiger partial charge in [0.1, 0.15) is 0 Å². The van der Waals surface area contributed by atoms with E-state index < -0.39 is 5.97 Å². The lowest BCUT2D eigenvalue weighted by molar-refractivity contribution is -0.136. The van der Waals surface area contributed by atoms with Crippen LogP contribution >= 0.6 is 11.8 Å². The molecular weight excluding hydrogens is 484 g/mol. The summed E-state index contributed by atoms with van der Waals surface area (Å²) >= 11 is 1.50. The number of piperazine rings is 1. The molecule has 1 saturated heterocycles. The first-order valence-corrected chi connectivity index (χ1v) is 13.5. The number of thioether (sulfide) groups is 1. The summed E-state index contributed by atoms with van der Waals surface area (Å²) in [5.74, 6) is -0.304. The van der Waals surface area contributed by atoms with Gasteiger partial charge in [0.2, 0.25) is 5.91 Å². The first kappa shape index (κ1) is 25.3. The number of amidine groups is 1. The quantitative estimate of drug-likeness (QED) is 0.528. The number of hydrogen-bond acceptors (Lipinski definition) is 7. The van der Waals surface area contributed by atoms with Crippen molar-refractivity contribution in [1.29, 1.82) is 0 Å². The highest BCUT2D eigenvalue weighted by Gasteiger charge is 2.41. The fourth-order valence-corrected chi connectivity index (χ4v) is 6.03. The largest absolute Gasteiger partial charge is 0.466 e. The highest BCUT2D eigenvalue weighted by atomic mass is 32.2. The van der Waals surface area contributed by atoms with Crippen molar-refractivity contribution >= 4 is 28.8 Å². The van der Waals surface area contributed by atoms with Gasteiger partial charge in [-0.3, -0.25) is 9.69 Å². The smallest absolute Gasteiger partial charge is 0.338 e. The van der Waals surface area contributed by atoms with Gasteiger partial charge in [-0.15, -0.1) is 0 Å². The lowest BCUT2D eigenvalue weighted by Gasteiger charge is -2.38. The topological polar surface area (TPSA) is 65.5 Å². The van der Waals surface area contributed by atoms with E-state index in [-0.39, 0.29) is 18.4 Å². The minimum atomic E-state index is -0.401. The van der Waals surface area contributed by atoms with E-state index in [0.717, 1.165) is 36.1 Å². The lowest BCUT2D eigenvalue weighted by atomic mass is 9.94. The standard InChI is InChI=1S/C29H32N4O3S/c1-20-9-11-22(12-10-20)18-31-13-15-32(16-14-31)25(34)17-24-19-37-29-30-21(2)26(28(35)36-3)27(33(24)29)23-7-5-4-6-8-23/h4-12,19,27H,13-18H2,1-3H3. The third-order valence-corrected chi connectivity index (χ3v) is 7.99. The summed E-state index contributed by atoms with van der Waals surface area (Å²) in [5, 5.41) is 2.78. The molecule has 3 heterocycles. The zero-order chi connectivity index (χ0) is 25.9. The van der Waals surface area contributed by atoms with Crippen LogP contribution in [0.2, 0.25) is 0 Å². The van der Waals surface area contributed by atoms with Crippen molar-refractivity contribution < 1.29 is 14.3 Å². The van der Waals surface area contributed by atoms with Crippen LogP contribution in [0.4, 0.5) is 0 Å². The molecule has 8 heteroatoms. The van der Waals surface area contributed by atoms with Crippen LogP contribution in [0.5, 0.6) is 0 Å². The van der Waals surface area contributed by atoms with E-state index in [1.54, 1.807) is 0 Å². The van der Waals surface area contributed by atoms with Gasteiger partial charge >= 0.3 is 5.97 Å². The number of aryl methyl sites for hydroxylation is 1. The molecule has 0 N–H and O–H groups in total. The average molecular weight is 517 g/mol. The number of amides is 1. The van der Waals surface area contributed by atoms with E-state index in [1.807, 2.05) is 52.5 Å². The minimum Gasteiger partial charge on any atom is -0.466 e. The summed E-state index contributed by atoms with van der Waals surface area (Å²) < 4.78 is 5.13. The van der Waals surface area contributed by atoms with Crippen LogP contribution < -0.4 is 0 Å². The third kappa shape index (κ3) is 5.36. The van der Waals surface area contributed by atoms with E-state index >= 15 is 0 Å². The summed E-state index contributed by atoms with van der Waals surface area (Å²) in [6.45, 7) is 7.96.